The van der Waals surface area contributed by atoms with Crippen LogP contribution in [0.25, 0.3) is 11.4 Å². The summed E-state index contributed by atoms with van der Waals surface area (Å²) in [6, 6.07) is 20.8. The molecule has 32 heavy (non-hydrogen) atoms. The molecule has 3 aromatic carbocycles. The molecular weight excluding hydrogens is 485 g/mol. The zero-order valence-electron chi connectivity index (χ0n) is 16.4. The molecule has 1 aliphatic heterocycles. The number of thioether (sulfide) groups is 1. The molecule has 0 radical (unpaired) electrons. The van der Waals surface area contributed by atoms with Crippen LogP contribution >= 0.6 is 46.7 Å². The molecule has 5 rings (SSSR count). The van der Waals surface area contributed by atoms with Gasteiger partial charge >= 0.3 is 0 Å². The summed E-state index contributed by atoms with van der Waals surface area (Å²) in [5.41, 5.74) is 2.34. The van der Waals surface area contributed by atoms with Gasteiger partial charge in [-0.15, -0.1) is 10.2 Å². The summed E-state index contributed by atoms with van der Waals surface area (Å²) in [7, 11) is 0. The van der Waals surface area contributed by atoms with Crippen LogP contribution in [0, 0.1) is 0 Å². The zero-order valence-corrected chi connectivity index (χ0v) is 19.5. The molecule has 160 valence electrons. The van der Waals surface area contributed by atoms with E-state index >= 15 is 0 Å². The molecule has 1 aromatic heterocycles. The van der Waals surface area contributed by atoms with Gasteiger partial charge in [0.25, 0.3) is 0 Å². The summed E-state index contributed by atoms with van der Waals surface area (Å²) in [6.07, 6.45) is 0. The number of benzene rings is 3. The molecule has 0 aliphatic carbocycles. The third-order valence-corrected chi connectivity index (χ3v) is 7.45. The maximum absolute atomic E-state index is 13.3. The first-order valence-corrected chi connectivity index (χ1v) is 12.1. The molecule has 0 bridgehead atoms. The Morgan fingerprint density at radius 3 is 2.28 bits per heavy atom. The van der Waals surface area contributed by atoms with Crippen molar-refractivity contribution in [2.24, 2.45) is 0 Å². The topological polar surface area (TPSA) is 77.0 Å². The molecule has 0 atom stereocenters. The van der Waals surface area contributed by atoms with Crippen LogP contribution in [0.2, 0.25) is 10.0 Å². The molecule has 10 heteroatoms. The fraction of sp³-hybridized carbons (Fsp3) is 0.0455. The average molecular weight is 500 g/mol. The van der Waals surface area contributed by atoms with Crippen molar-refractivity contribution in [3.05, 3.63) is 76.8 Å². The Bertz CT molecular complexity index is 1300. The lowest BCUT2D eigenvalue weighted by Gasteiger charge is -2.30. The van der Waals surface area contributed by atoms with E-state index in [1.807, 2.05) is 48.5 Å². The fourth-order valence-corrected chi connectivity index (χ4v) is 5.65. The molecular formula is C22H15Cl2N5OS2. The van der Waals surface area contributed by atoms with E-state index in [-0.39, 0.29) is 11.7 Å². The number of fused-ring (bicyclic) bond motifs is 2. The minimum atomic E-state index is -0.0794. The highest BCUT2D eigenvalue weighted by molar-refractivity contribution is 8.00. The second-order valence-electron chi connectivity index (χ2n) is 6.86. The van der Waals surface area contributed by atoms with Crippen LogP contribution in [-0.4, -0.2) is 26.5 Å². The number of aromatic nitrogens is 3. The maximum Gasteiger partial charge on any atom is 0.242 e. The maximum atomic E-state index is 13.3. The predicted molar refractivity (Wildman–Crippen MR) is 131 cm³/mol. The first kappa shape index (κ1) is 21.2. The number of nitrogens with zero attached hydrogens (tertiary/aromatic N) is 4. The van der Waals surface area contributed by atoms with E-state index in [4.69, 9.17) is 29.0 Å². The Labute approximate surface area is 202 Å². The normalized spacial score (nSPS) is 12.4. The van der Waals surface area contributed by atoms with Crippen LogP contribution in [0.4, 0.5) is 11.4 Å². The molecule has 1 amide bonds. The molecule has 0 fully saturated rings. The van der Waals surface area contributed by atoms with E-state index in [9.17, 15) is 4.79 Å². The smallest absolute Gasteiger partial charge is 0.242 e. The van der Waals surface area contributed by atoms with Crippen molar-refractivity contribution in [3.8, 4) is 11.4 Å². The molecule has 0 unspecified atom stereocenters. The first-order chi connectivity index (χ1) is 15.5. The van der Waals surface area contributed by atoms with Gasteiger partial charge in [0, 0.05) is 20.4 Å². The number of rotatable bonds is 4. The van der Waals surface area contributed by atoms with Gasteiger partial charge in [0.15, 0.2) is 5.82 Å². The lowest BCUT2D eigenvalue weighted by Crippen LogP contribution is -2.30. The van der Waals surface area contributed by atoms with Gasteiger partial charge in [-0.3, -0.25) is 9.69 Å². The quantitative estimate of drug-likeness (QED) is 0.278. The van der Waals surface area contributed by atoms with Crippen molar-refractivity contribution in [3.63, 3.8) is 0 Å². The summed E-state index contributed by atoms with van der Waals surface area (Å²) < 4.78 is 1.33. The Kier molecular flexibility index (Phi) is 5.77. The number of hydrogen-bond acceptors (Lipinski definition) is 6. The van der Waals surface area contributed by atoms with Crippen LogP contribution in [0.3, 0.4) is 0 Å². The summed E-state index contributed by atoms with van der Waals surface area (Å²) >= 11 is 15.1. The molecule has 1 aliphatic rings. The summed E-state index contributed by atoms with van der Waals surface area (Å²) in [5, 5.41) is 9.64. The Morgan fingerprint density at radius 2 is 1.62 bits per heavy atom. The van der Waals surface area contributed by atoms with Gasteiger partial charge in [-0.1, -0.05) is 71.0 Å². The number of nitrogens with two attached hydrogens (primary N) is 1. The van der Waals surface area contributed by atoms with E-state index in [1.54, 1.807) is 34.9 Å². The van der Waals surface area contributed by atoms with Crippen molar-refractivity contribution in [2.75, 3.05) is 16.5 Å². The van der Waals surface area contributed by atoms with Crippen molar-refractivity contribution in [1.29, 1.82) is 0 Å². The summed E-state index contributed by atoms with van der Waals surface area (Å²) in [6.45, 7) is 0. The van der Waals surface area contributed by atoms with Gasteiger partial charge in [-0.05, 0) is 42.5 Å². The Balaban J connectivity index is 1.40. The molecule has 2 heterocycles. The number of carbonyl (C=O) groups excluding carboxylic acids is 1. The van der Waals surface area contributed by atoms with E-state index in [1.165, 1.54) is 16.4 Å². The number of para-hydroxylation sites is 2. The van der Waals surface area contributed by atoms with E-state index in [0.717, 1.165) is 21.2 Å². The highest BCUT2D eigenvalue weighted by Crippen LogP contribution is 2.48. The van der Waals surface area contributed by atoms with Gasteiger partial charge in [0.1, 0.15) is 0 Å². The minimum Gasteiger partial charge on any atom is -0.335 e. The van der Waals surface area contributed by atoms with Gasteiger partial charge < -0.3 is 5.84 Å². The third kappa shape index (κ3) is 3.84. The van der Waals surface area contributed by atoms with Crippen LogP contribution in [0.15, 0.2) is 81.7 Å². The SMILES string of the molecule is Nn1c(SCC(=O)N2c3ccccc3Sc3ccccc32)nnc1-c1ccc(Cl)cc1Cl. The Hall–Kier alpha value is -2.65. The Morgan fingerprint density at radius 1 is 0.969 bits per heavy atom. The van der Waals surface area contributed by atoms with E-state index < -0.39 is 0 Å². The molecule has 0 saturated carbocycles. The van der Waals surface area contributed by atoms with Crippen molar-refractivity contribution >= 4 is 64.0 Å². The fourth-order valence-electron chi connectivity index (χ4n) is 3.39. The van der Waals surface area contributed by atoms with Crippen LogP contribution < -0.4 is 10.7 Å². The zero-order chi connectivity index (χ0) is 22.2. The monoisotopic (exact) mass is 499 g/mol. The number of carbonyl (C=O) groups is 1. The minimum absolute atomic E-state index is 0.0794. The third-order valence-electron chi connectivity index (χ3n) is 4.84. The number of nitrogen functional groups attached to an aromatic ring is 1. The lowest BCUT2D eigenvalue weighted by molar-refractivity contribution is -0.115. The summed E-state index contributed by atoms with van der Waals surface area (Å²) in [5.74, 6) is 6.66. The van der Waals surface area contributed by atoms with Gasteiger partial charge in [0.2, 0.25) is 11.1 Å². The standard InChI is InChI=1S/C22H15Cl2N5OS2/c23-13-9-10-14(15(24)11-13)21-26-27-22(29(21)25)31-12-20(30)28-16-5-1-3-7-18(16)32-19-8-4-2-6-17(19)28/h1-11H,12,25H2. The lowest BCUT2D eigenvalue weighted by atomic mass is 10.2. The second-order valence-corrected chi connectivity index (χ2v) is 9.73. The molecule has 0 spiro atoms. The first-order valence-electron chi connectivity index (χ1n) is 9.50. The van der Waals surface area contributed by atoms with E-state index in [2.05, 4.69) is 10.2 Å². The van der Waals surface area contributed by atoms with Gasteiger partial charge in [-0.25, -0.2) is 4.68 Å². The number of amides is 1. The average Bonchev–Trinajstić information content (AvgIpc) is 3.15. The molecule has 6 nitrogen and oxygen atoms in total. The van der Waals surface area contributed by atoms with Crippen molar-refractivity contribution in [2.45, 2.75) is 14.9 Å². The van der Waals surface area contributed by atoms with Gasteiger partial charge in [0.05, 0.1) is 22.2 Å². The van der Waals surface area contributed by atoms with E-state index in [0.29, 0.717) is 26.6 Å². The molecule has 2 N–H and O–H groups in total. The molecule has 0 saturated heterocycles. The van der Waals surface area contributed by atoms with Crippen LogP contribution in [-0.2, 0) is 4.79 Å². The van der Waals surface area contributed by atoms with Crippen LogP contribution in [0.5, 0.6) is 0 Å². The predicted octanol–water partition coefficient (Wildman–Crippen LogP) is 5.89. The number of hydrogen-bond donors (Lipinski definition) is 1. The number of anilines is 2. The second kappa shape index (κ2) is 8.71. The largest absolute Gasteiger partial charge is 0.335 e. The highest BCUT2D eigenvalue weighted by Gasteiger charge is 2.28. The van der Waals surface area contributed by atoms with Crippen molar-refractivity contribution < 1.29 is 4.79 Å². The van der Waals surface area contributed by atoms with Crippen LogP contribution in [0.1, 0.15) is 0 Å². The van der Waals surface area contributed by atoms with Gasteiger partial charge in [-0.2, -0.15) is 0 Å². The number of halogens is 2. The highest BCUT2D eigenvalue weighted by atomic mass is 35.5. The molecule has 4 aromatic rings. The van der Waals surface area contributed by atoms with Crippen molar-refractivity contribution in [1.82, 2.24) is 14.9 Å². The summed E-state index contributed by atoms with van der Waals surface area (Å²) in [4.78, 5) is 17.2.